The van der Waals surface area contributed by atoms with Crippen molar-refractivity contribution >= 4 is 11.6 Å². The summed E-state index contributed by atoms with van der Waals surface area (Å²) >= 11 is 0. The molecule has 0 bridgehead atoms. The van der Waals surface area contributed by atoms with Crippen LogP contribution in [0.5, 0.6) is 11.5 Å². The van der Waals surface area contributed by atoms with Crippen molar-refractivity contribution in [3.8, 4) is 11.5 Å². The Hall–Kier alpha value is -1.75. The van der Waals surface area contributed by atoms with Crippen molar-refractivity contribution in [3.05, 3.63) is 18.2 Å². The summed E-state index contributed by atoms with van der Waals surface area (Å²) in [4.78, 5) is 11.8. The van der Waals surface area contributed by atoms with Gasteiger partial charge in [0, 0.05) is 13.2 Å². The lowest BCUT2D eigenvalue weighted by molar-refractivity contribution is -0.124. The highest BCUT2D eigenvalue weighted by Crippen LogP contribution is 2.29. The van der Waals surface area contributed by atoms with Crippen LogP contribution in [-0.4, -0.2) is 32.3 Å². The standard InChI is InChI=1S/C14H21NO4/c1-5-18-11-7-8-13(19-6-2)12(9-11)15-14(16)10(3)17-4/h7-10H,5-6H2,1-4H3,(H,15,16). The predicted molar refractivity (Wildman–Crippen MR) is 73.9 cm³/mol. The van der Waals surface area contributed by atoms with Gasteiger partial charge in [-0.2, -0.15) is 0 Å². The maximum Gasteiger partial charge on any atom is 0.253 e. The molecule has 19 heavy (non-hydrogen) atoms. The van der Waals surface area contributed by atoms with E-state index in [4.69, 9.17) is 14.2 Å². The molecule has 0 aliphatic rings. The van der Waals surface area contributed by atoms with Crippen LogP contribution in [0.3, 0.4) is 0 Å². The van der Waals surface area contributed by atoms with E-state index in [0.29, 0.717) is 30.4 Å². The van der Waals surface area contributed by atoms with E-state index in [1.165, 1.54) is 7.11 Å². The van der Waals surface area contributed by atoms with Crippen molar-refractivity contribution in [1.29, 1.82) is 0 Å². The highest BCUT2D eigenvalue weighted by atomic mass is 16.5. The predicted octanol–water partition coefficient (Wildman–Crippen LogP) is 2.46. The SMILES string of the molecule is CCOc1ccc(OCC)c(NC(=O)C(C)OC)c1. The first kappa shape index (κ1) is 15.3. The van der Waals surface area contributed by atoms with Crippen molar-refractivity contribution in [1.82, 2.24) is 0 Å². The lowest BCUT2D eigenvalue weighted by Gasteiger charge is -2.15. The average molecular weight is 267 g/mol. The van der Waals surface area contributed by atoms with Gasteiger partial charge in [0.15, 0.2) is 0 Å². The Labute approximate surface area is 113 Å². The Morgan fingerprint density at radius 1 is 1.26 bits per heavy atom. The normalized spacial score (nSPS) is 11.8. The molecule has 0 saturated heterocycles. The lowest BCUT2D eigenvalue weighted by atomic mass is 10.2. The Morgan fingerprint density at radius 3 is 2.53 bits per heavy atom. The molecule has 1 aromatic rings. The van der Waals surface area contributed by atoms with Crippen LogP contribution < -0.4 is 14.8 Å². The van der Waals surface area contributed by atoms with E-state index in [0.717, 1.165) is 0 Å². The molecule has 0 aromatic heterocycles. The van der Waals surface area contributed by atoms with Gasteiger partial charge >= 0.3 is 0 Å². The fraction of sp³-hybridized carbons (Fsp3) is 0.500. The molecule has 0 fully saturated rings. The Bertz CT molecular complexity index is 420. The Morgan fingerprint density at radius 2 is 1.95 bits per heavy atom. The number of carbonyl (C=O) groups excluding carboxylic acids is 1. The average Bonchev–Trinajstić information content (AvgIpc) is 2.41. The van der Waals surface area contributed by atoms with Gasteiger partial charge in [-0.15, -0.1) is 0 Å². The van der Waals surface area contributed by atoms with Gasteiger partial charge in [0.25, 0.3) is 5.91 Å². The van der Waals surface area contributed by atoms with Gasteiger partial charge in [-0.3, -0.25) is 4.79 Å². The highest BCUT2D eigenvalue weighted by molar-refractivity contribution is 5.95. The van der Waals surface area contributed by atoms with Crippen LogP contribution in [0.4, 0.5) is 5.69 Å². The Kier molecular flexibility index (Phi) is 6.15. The maximum absolute atomic E-state index is 11.8. The first-order chi connectivity index (χ1) is 9.12. The minimum atomic E-state index is -0.523. The molecule has 1 amide bonds. The summed E-state index contributed by atoms with van der Waals surface area (Å²) in [5.74, 6) is 1.08. The molecule has 1 N–H and O–H groups in total. The molecule has 5 heteroatoms. The van der Waals surface area contributed by atoms with Gasteiger partial charge in [0.2, 0.25) is 0 Å². The number of hydrogen-bond donors (Lipinski definition) is 1. The topological polar surface area (TPSA) is 56.8 Å². The van der Waals surface area contributed by atoms with E-state index in [-0.39, 0.29) is 5.91 Å². The number of anilines is 1. The molecule has 0 radical (unpaired) electrons. The monoisotopic (exact) mass is 267 g/mol. The number of amides is 1. The fourth-order valence-electron chi connectivity index (χ4n) is 1.49. The molecule has 0 heterocycles. The van der Waals surface area contributed by atoms with Crippen molar-refractivity contribution < 1.29 is 19.0 Å². The van der Waals surface area contributed by atoms with Crippen molar-refractivity contribution in [2.24, 2.45) is 0 Å². The third-order valence-corrected chi connectivity index (χ3v) is 2.54. The summed E-state index contributed by atoms with van der Waals surface area (Å²) in [5.41, 5.74) is 0.585. The van der Waals surface area contributed by atoms with Gasteiger partial charge in [0.1, 0.15) is 17.6 Å². The summed E-state index contributed by atoms with van der Waals surface area (Å²) in [6.07, 6.45) is -0.523. The molecule has 106 valence electrons. The molecule has 1 aromatic carbocycles. The van der Waals surface area contributed by atoms with Crippen LogP contribution in [0.15, 0.2) is 18.2 Å². The molecule has 5 nitrogen and oxygen atoms in total. The molecule has 0 saturated carbocycles. The van der Waals surface area contributed by atoms with Gasteiger partial charge in [0.05, 0.1) is 18.9 Å². The molecule has 1 unspecified atom stereocenters. The van der Waals surface area contributed by atoms with Crippen molar-refractivity contribution in [2.45, 2.75) is 26.9 Å². The molecular formula is C14H21NO4. The van der Waals surface area contributed by atoms with Crippen molar-refractivity contribution in [2.75, 3.05) is 25.6 Å². The third-order valence-electron chi connectivity index (χ3n) is 2.54. The second-order valence-electron chi connectivity index (χ2n) is 3.89. The van der Waals surface area contributed by atoms with E-state index < -0.39 is 6.10 Å². The van der Waals surface area contributed by atoms with Gasteiger partial charge < -0.3 is 19.5 Å². The van der Waals surface area contributed by atoms with E-state index in [1.54, 1.807) is 19.1 Å². The van der Waals surface area contributed by atoms with Crippen molar-refractivity contribution in [3.63, 3.8) is 0 Å². The first-order valence-electron chi connectivity index (χ1n) is 6.35. The quantitative estimate of drug-likeness (QED) is 0.824. The number of carbonyl (C=O) groups is 1. The van der Waals surface area contributed by atoms with Crippen LogP contribution in [0, 0.1) is 0 Å². The van der Waals surface area contributed by atoms with Gasteiger partial charge in [-0.1, -0.05) is 0 Å². The number of methoxy groups -OCH3 is 1. The second-order valence-corrected chi connectivity index (χ2v) is 3.89. The highest BCUT2D eigenvalue weighted by Gasteiger charge is 2.15. The number of nitrogens with one attached hydrogen (secondary N) is 1. The molecule has 1 atom stereocenters. The van der Waals surface area contributed by atoms with E-state index in [1.807, 2.05) is 19.9 Å². The number of hydrogen-bond acceptors (Lipinski definition) is 4. The smallest absolute Gasteiger partial charge is 0.253 e. The first-order valence-corrected chi connectivity index (χ1v) is 6.35. The summed E-state index contributed by atoms with van der Waals surface area (Å²) in [7, 11) is 1.49. The van der Waals surface area contributed by atoms with E-state index in [2.05, 4.69) is 5.32 Å². The van der Waals surface area contributed by atoms with E-state index in [9.17, 15) is 4.79 Å². The Balaban J connectivity index is 2.93. The fourth-order valence-corrected chi connectivity index (χ4v) is 1.49. The molecule has 1 rings (SSSR count). The summed E-state index contributed by atoms with van der Waals surface area (Å²) in [6, 6.07) is 5.33. The van der Waals surface area contributed by atoms with Crippen LogP contribution in [0.2, 0.25) is 0 Å². The van der Waals surface area contributed by atoms with Crippen LogP contribution >= 0.6 is 0 Å². The van der Waals surface area contributed by atoms with Crippen LogP contribution in [0.25, 0.3) is 0 Å². The second kappa shape index (κ2) is 7.63. The third kappa shape index (κ3) is 4.44. The zero-order valence-electron chi connectivity index (χ0n) is 11.9. The minimum Gasteiger partial charge on any atom is -0.494 e. The number of ether oxygens (including phenoxy) is 3. The molecular weight excluding hydrogens is 246 g/mol. The molecule has 0 aliphatic carbocycles. The maximum atomic E-state index is 11.8. The van der Waals surface area contributed by atoms with Gasteiger partial charge in [-0.05, 0) is 32.9 Å². The van der Waals surface area contributed by atoms with E-state index >= 15 is 0 Å². The molecule has 0 aliphatic heterocycles. The number of rotatable bonds is 7. The minimum absolute atomic E-state index is 0.225. The lowest BCUT2D eigenvalue weighted by Crippen LogP contribution is -2.26. The number of benzene rings is 1. The zero-order valence-corrected chi connectivity index (χ0v) is 11.9. The van der Waals surface area contributed by atoms with Crippen LogP contribution in [-0.2, 0) is 9.53 Å². The summed E-state index contributed by atoms with van der Waals surface area (Å²) in [5, 5.41) is 2.78. The van der Waals surface area contributed by atoms with Crippen LogP contribution in [0.1, 0.15) is 20.8 Å². The summed E-state index contributed by atoms with van der Waals surface area (Å²) in [6.45, 7) is 6.57. The summed E-state index contributed by atoms with van der Waals surface area (Å²) < 4.78 is 15.9. The largest absolute Gasteiger partial charge is 0.494 e. The molecule has 0 spiro atoms. The zero-order chi connectivity index (χ0) is 14.3. The van der Waals surface area contributed by atoms with Gasteiger partial charge in [-0.25, -0.2) is 0 Å².